The van der Waals surface area contributed by atoms with Gasteiger partial charge in [-0.1, -0.05) is 22.9 Å². The summed E-state index contributed by atoms with van der Waals surface area (Å²) >= 11 is 3.25. The van der Waals surface area contributed by atoms with E-state index >= 15 is 0 Å². The fourth-order valence-electron chi connectivity index (χ4n) is 2.18. The molecule has 0 radical (unpaired) electrons. The van der Waals surface area contributed by atoms with Crippen LogP contribution in [0.25, 0.3) is 0 Å². The third-order valence-corrected chi connectivity index (χ3v) is 3.69. The van der Waals surface area contributed by atoms with Crippen molar-refractivity contribution < 1.29 is 4.92 Å². The summed E-state index contributed by atoms with van der Waals surface area (Å²) in [6.45, 7) is 2.79. The van der Waals surface area contributed by atoms with Crippen LogP contribution in [0.15, 0.2) is 22.7 Å². The molecule has 1 fully saturated rings. The Bertz CT molecular complexity index is 431. The van der Waals surface area contributed by atoms with Gasteiger partial charge < -0.3 is 5.32 Å². The summed E-state index contributed by atoms with van der Waals surface area (Å²) in [5.74, 6) is 0.785. The molecule has 0 aliphatic heterocycles. The highest BCUT2D eigenvalue weighted by Crippen LogP contribution is 2.28. The first-order valence-corrected chi connectivity index (χ1v) is 6.51. The lowest BCUT2D eigenvalue weighted by Gasteiger charge is -2.33. The summed E-state index contributed by atoms with van der Waals surface area (Å²) < 4.78 is 0.741. The summed E-state index contributed by atoms with van der Waals surface area (Å²) in [4.78, 5) is 10.6. The summed E-state index contributed by atoms with van der Waals surface area (Å²) in [6.07, 6.45) is 2.34. The maximum atomic E-state index is 10.9. The van der Waals surface area contributed by atoms with Gasteiger partial charge in [0.2, 0.25) is 0 Å². The van der Waals surface area contributed by atoms with Crippen LogP contribution >= 0.6 is 15.9 Å². The minimum Gasteiger partial charge on any atom is -0.310 e. The molecule has 17 heavy (non-hydrogen) atoms. The van der Waals surface area contributed by atoms with Gasteiger partial charge in [-0.25, -0.2) is 0 Å². The molecular weight excluding hydrogens is 284 g/mol. The van der Waals surface area contributed by atoms with Crippen molar-refractivity contribution in [3.05, 3.63) is 38.3 Å². The van der Waals surface area contributed by atoms with Crippen LogP contribution in [0.2, 0.25) is 0 Å². The topological polar surface area (TPSA) is 55.2 Å². The molecule has 0 bridgehead atoms. The summed E-state index contributed by atoms with van der Waals surface area (Å²) in [5, 5.41) is 14.3. The van der Waals surface area contributed by atoms with Gasteiger partial charge in [-0.05, 0) is 30.9 Å². The molecule has 0 amide bonds. The van der Waals surface area contributed by atoms with E-state index in [1.54, 1.807) is 12.1 Å². The molecule has 1 aliphatic rings. The van der Waals surface area contributed by atoms with Crippen LogP contribution in [0, 0.1) is 16.0 Å². The van der Waals surface area contributed by atoms with Crippen molar-refractivity contribution in [1.29, 1.82) is 0 Å². The molecule has 1 N–H and O–H groups in total. The van der Waals surface area contributed by atoms with E-state index in [4.69, 9.17) is 0 Å². The standard InChI is InChI=1S/C12H15BrN2O2/c1-8-4-11(5-8)14-7-9-2-3-10(13)6-12(9)15(16)17/h2-3,6,8,11,14H,4-5,7H2,1H3. The van der Waals surface area contributed by atoms with Crippen LogP contribution < -0.4 is 5.32 Å². The Morgan fingerprint density at radius 3 is 2.82 bits per heavy atom. The molecule has 0 atom stereocenters. The quantitative estimate of drug-likeness (QED) is 0.686. The smallest absolute Gasteiger partial charge is 0.275 e. The number of rotatable bonds is 4. The Morgan fingerprint density at radius 2 is 2.24 bits per heavy atom. The van der Waals surface area contributed by atoms with Gasteiger partial charge in [0.25, 0.3) is 5.69 Å². The minimum absolute atomic E-state index is 0.180. The van der Waals surface area contributed by atoms with Gasteiger partial charge in [-0.2, -0.15) is 0 Å². The number of nitrogens with one attached hydrogen (secondary N) is 1. The second-order valence-corrected chi connectivity index (χ2v) is 5.60. The Balaban J connectivity index is 2.02. The van der Waals surface area contributed by atoms with Crippen LogP contribution in [-0.4, -0.2) is 11.0 Å². The van der Waals surface area contributed by atoms with Gasteiger partial charge in [-0.15, -0.1) is 0 Å². The van der Waals surface area contributed by atoms with Gasteiger partial charge >= 0.3 is 0 Å². The van der Waals surface area contributed by atoms with E-state index in [0.29, 0.717) is 12.6 Å². The zero-order valence-electron chi connectivity index (χ0n) is 9.65. The molecule has 0 saturated heterocycles. The van der Waals surface area contributed by atoms with Crippen LogP contribution in [0.1, 0.15) is 25.3 Å². The third-order valence-electron chi connectivity index (χ3n) is 3.20. The molecule has 2 rings (SSSR count). The molecular formula is C12H15BrN2O2. The predicted molar refractivity (Wildman–Crippen MR) is 69.8 cm³/mol. The molecule has 0 aromatic heterocycles. The second kappa shape index (κ2) is 5.14. The number of nitrogens with zero attached hydrogens (tertiary/aromatic N) is 1. The van der Waals surface area contributed by atoms with Crippen LogP contribution in [0.4, 0.5) is 5.69 Å². The largest absolute Gasteiger partial charge is 0.310 e. The van der Waals surface area contributed by atoms with Gasteiger partial charge in [0.05, 0.1) is 4.92 Å². The Hall–Kier alpha value is -0.940. The SMILES string of the molecule is CC1CC(NCc2ccc(Br)cc2[N+](=O)[O-])C1. The normalized spacial score (nSPS) is 23.2. The number of hydrogen-bond acceptors (Lipinski definition) is 3. The number of hydrogen-bond donors (Lipinski definition) is 1. The summed E-state index contributed by atoms with van der Waals surface area (Å²) in [6, 6.07) is 5.72. The molecule has 1 saturated carbocycles. The van der Waals surface area contributed by atoms with Crippen molar-refractivity contribution in [3.8, 4) is 0 Å². The van der Waals surface area contributed by atoms with Crippen molar-refractivity contribution in [2.45, 2.75) is 32.4 Å². The first-order valence-electron chi connectivity index (χ1n) is 5.72. The van der Waals surface area contributed by atoms with E-state index in [-0.39, 0.29) is 10.6 Å². The van der Waals surface area contributed by atoms with E-state index in [9.17, 15) is 10.1 Å². The van der Waals surface area contributed by atoms with Crippen molar-refractivity contribution in [2.75, 3.05) is 0 Å². The average Bonchev–Trinajstić information content (AvgIpc) is 2.24. The highest BCUT2D eigenvalue weighted by Gasteiger charge is 2.25. The number of nitro benzene ring substituents is 1. The molecule has 0 heterocycles. The van der Waals surface area contributed by atoms with E-state index in [1.807, 2.05) is 6.07 Å². The van der Waals surface area contributed by atoms with Crippen molar-refractivity contribution >= 4 is 21.6 Å². The molecule has 1 aromatic rings. The lowest BCUT2D eigenvalue weighted by Crippen LogP contribution is -2.39. The van der Waals surface area contributed by atoms with E-state index in [1.165, 1.54) is 12.8 Å². The summed E-state index contributed by atoms with van der Waals surface area (Å²) in [7, 11) is 0. The summed E-state index contributed by atoms with van der Waals surface area (Å²) in [5.41, 5.74) is 0.928. The van der Waals surface area contributed by atoms with Crippen molar-refractivity contribution in [1.82, 2.24) is 5.32 Å². The van der Waals surface area contributed by atoms with E-state index < -0.39 is 0 Å². The molecule has 1 aliphatic carbocycles. The average molecular weight is 299 g/mol. The highest BCUT2D eigenvalue weighted by molar-refractivity contribution is 9.10. The van der Waals surface area contributed by atoms with Crippen molar-refractivity contribution in [3.63, 3.8) is 0 Å². The maximum Gasteiger partial charge on any atom is 0.275 e. The lowest BCUT2D eigenvalue weighted by atomic mass is 9.82. The molecule has 92 valence electrons. The first kappa shape index (κ1) is 12.5. The number of halogens is 1. The van der Waals surface area contributed by atoms with E-state index in [2.05, 4.69) is 28.2 Å². The van der Waals surface area contributed by atoms with E-state index in [0.717, 1.165) is 16.0 Å². The molecule has 4 nitrogen and oxygen atoms in total. The third kappa shape index (κ3) is 3.04. The monoisotopic (exact) mass is 298 g/mol. The molecule has 1 aromatic carbocycles. The van der Waals surface area contributed by atoms with Gasteiger partial charge in [-0.3, -0.25) is 10.1 Å². The van der Waals surface area contributed by atoms with Crippen LogP contribution in [-0.2, 0) is 6.54 Å². The number of benzene rings is 1. The zero-order valence-corrected chi connectivity index (χ0v) is 11.2. The maximum absolute atomic E-state index is 10.9. The molecule has 0 spiro atoms. The van der Waals surface area contributed by atoms with Gasteiger partial charge in [0, 0.05) is 28.7 Å². The van der Waals surface area contributed by atoms with Crippen molar-refractivity contribution in [2.24, 2.45) is 5.92 Å². The fourth-order valence-corrected chi connectivity index (χ4v) is 2.53. The number of nitro groups is 1. The Labute approximate surface area is 109 Å². The lowest BCUT2D eigenvalue weighted by molar-refractivity contribution is -0.385. The molecule has 0 unspecified atom stereocenters. The zero-order chi connectivity index (χ0) is 12.4. The highest BCUT2D eigenvalue weighted by atomic mass is 79.9. The second-order valence-electron chi connectivity index (χ2n) is 4.68. The van der Waals surface area contributed by atoms with Gasteiger partial charge in [0.1, 0.15) is 0 Å². The minimum atomic E-state index is -0.328. The first-order chi connectivity index (χ1) is 8.06. The molecule has 5 heteroatoms. The van der Waals surface area contributed by atoms with Crippen LogP contribution in [0.5, 0.6) is 0 Å². The van der Waals surface area contributed by atoms with Crippen LogP contribution in [0.3, 0.4) is 0 Å². The van der Waals surface area contributed by atoms with Gasteiger partial charge in [0.15, 0.2) is 0 Å². The Kier molecular flexibility index (Phi) is 3.79. The fraction of sp³-hybridized carbons (Fsp3) is 0.500. The predicted octanol–water partition coefficient (Wildman–Crippen LogP) is 3.25. The Morgan fingerprint density at radius 1 is 1.53 bits per heavy atom.